The molecule has 3 nitrogen and oxygen atoms in total. The summed E-state index contributed by atoms with van der Waals surface area (Å²) in [5.41, 5.74) is 4.18. The molecule has 0 aliphatic rings. The van der Waals surface area contributed by atoms with E-state index < -0.39 is 0 Å². The molecule has 0 spiro atoms. The Morgan fingerprint density at radius 1 is 0.528 bits per heavy atom. The fourth-order valence-electron chi connectivity index (χ4n) is 7.90. The van der Waals surface area contributed by atoms with Crippen LogP contribution in [0.1, 0.15) is 232 Å². The van der Waals surface area contributed by atoms with Crippen molar-refractivity contribution in [2.75, 3.05) is 13.2 Å². The Morgan fingerprint density at radius 2 is 1.02 bits per heavy atom. The third kappa shape index (κ3) is 23.6. The van der Waals surface area contributed by atoms with Gasteiger partial charge in [-0.15, -0.1) is 0 Å². The predicted molar refractivity (Wildman–Crippen MR) is 233 cm³/mol. The summed E-state index contributed by atoms with van der Waals surface area (Å²) in [4.78, 5) is 2.70. The third-order valence-electron chi connectivity index (χ3n) is 11.2. The Kier molecular flexibility index (Phi) is 28.0. The van der Waals surface area contributed by atoms with Crippen molar-refractivity contribution in [2.45, 2.75) is 240 Å². The van der Waals surface area contributed by atoms with Gasteiger partial charge in [0.1, 0.15) is 12.3 Å². The first kappa shape index (κ1) is 47.3. The minimum Gasteiger partial charge on any atom is -0.493 e. The monoisotopic (exact) mass is 734 g/mol. The quantitative estimate of drug-likeness (QED) is 0.0518. The molecular weight excluding hydrogens is 645 g/mol. The molecule has 2 rings (SSSR count). The minimum atomic E-state index is 0.0481. The maximum Gasteiger partial charge on any atom is 0.173 e. The van der Waals surface area contributed by atoms with Gasteiger partial charge in [0.2, 0.25) is 0 Å². The lowest BCUT2D eigenvalue weighted by Crippen LogP contribution is -2.34. The van der Waals surface area contributed by atoms with Crippen LogP contribution in [0.4, 0.5) is 0 Å². The molecule has 0 radical (unpaired) electrons. The van der Waals surface area contributed by atoms with Crippen molar-refractivity contribution in [3.63, 3.8) is 0 Å². The molecule has 0 N–H and O–H groups in total. The summed E-state index contributed by atoms with van der Waals surface area (Å²) < 4.78 is 9.15. The van der Waals surface area contributed by atoms with E-state index in [0.29, 0.717) is 0 Å². The van der Waals surface area contributed by atoms with E-state index in [1.54, 1.807) is 0 Å². The molecule has 2 aromatic rings. The number of para-hydroxylation sites is 1. The number of unbranched alkanes of at least 4 members (excludes halogenated alkanes) is 24. The van der Waals surface area contributed by atoms with Gasteiger partial charge in [-0.25, -0.2) is 4.57 Å². The average Bonchev–Trinajstić information content (AvgIpc) is 3.14. The molecule has 0 amide bonds. The third-order valence-corrected chi connectivity index (χ3v) is 11.2. The lowest BCUT2D eigenvalue weighted by atomic mass is 9.85. The zero-order valence-electron chi connectivity index (χ0n) is 36.5. The highest BCUT2D eigenvalue weighted by Gasteiger charge is 2.23. The normalized spacial score (nSPS) is 11.9. The van der Waals surface area contributed by atoms with E-state index in [-0.39, 0.29) is 5.41 Å². The standard InChI is InChI=1S/C50H89N2O/c1-7-10-12-14-16-18-20-22-23-24-26-28-30-32-40-52(44-46-36-35-41-51(43-46)39-9-3)45-47-37-34-38-48(50(4,5)6)49(47)53-42-33-31-29-27-25-21-19-17-15-13-11-8-2/h34-38,41,43H,7-33,39-40,42,44-45H2,1-6H3/q+1. The first-order valence-corrected chi connectivity index (χ1v) is 23.3. The summed E-state index contributed by atoms with van der Waals surface area (Å²) >= 11 is 0. The first-order chi connectivity index (χ1) is 25.9. The molecule has 0 fully saturated rings. The van der Waals surface area contributed by atoms with E-state index in [0.717, 1.165) is 51.4 Å². The number of pyridine rings is 1. The van der Waals surface area contributed by atoms with E-state index in [2.05, 4.69) is 93.7 Å². The van der Waals surface area contributed by atoms with Crippen LogP contribution in [0.2, 0.25) is 0 Å². The maximum absolute atomic E-state index is 6.78. The summed E-state index contributed by atoms with van der Waals surface area (Å²) in [6.45, 7) is 18.9. The van der Waals surface area contributed by atoms with Crippen molar-refractivity contribution >= 4 is 0 Å². The zero-order chi connectivity index (χ0) is 38.2. The van der Waals surface area contributed by atoms with Gasteiger partial charge in [0, 0.05) is 36.7 Å². The Labute approximate surface area is 331 Å². The van der Waals surface area contributed by atoms with Crippen LogP contribution in [0.5, 0.6) is 5.75 Å². The molecule has 0 unspecified atom stereocenters. The number of ether oxygens (including phenoxy) is 1. The van der Waals surface area contributed by atoms with Gasteiger partial charge >= 0.3 is 0 Å². The second kappa shape index (κ2) is 31.3. The molecule has 0 aliphatic carbocycles. The Hall–Kier alpha value is -1.87. The van der Waals surface area contributed by atoms with E-state index in [1.165, 1.54) is 177 Å². The van der Waals surface area contributed by atoms with Gasteiger partial charge in [-0.2, -0.15) is 0 Å². The van der Waals surface area contributed by atoms with Gasteiger partial charge < -0.3 is 4.74 Å². The van der Waals surface area contributed by atoms with Crippen molar-refractivity contribution in [1.29, 1.82) is 0 Å². The van der Waals surface area contributed by atoms with Crippen molar-refractivity contribution < 1.29 is 9.30 Å². The fraction of sp³-hybridized carbons (Fsp3) is 0.780. The number of hydrogen-bond acceptors (Lipinski definition) is 2. The summed E-state index contributed by atoms with van der Waals surface area (Å²) in [6, 6.07) is 11.5. The SMILES string of the molecule is CCCCCCCCCCCCCCCCN(Cc1ccc[n+](CCC)c1)Cc1cccc(C(C)(C)C)c1OCCCCCCCCCCCCCC. The summed E-state index contributed by atoms with van der Waals surface area (Å²) in [5, 5.41) is 0. The van der Waals surface area contributed by atoms with Crippen molar-refractivity contribution in [1.82, 2.24) is 4.90 Å². The minimum absolute atomic E-state index is 0.0481. The number of hydrogen-bond donors (Lipinski definition) is 0. The molecule has 1 aromatic heterocycles. The molecule has 0 saturated heterocycles. The molecule has 1 aromatic carbocycles. The van der Waals surface area contributed by atoms with Crippen LogP contribution < -0.4 is 9.30 Å². The van der Waals surface area contributed by atoms with Crippen molar-refractivity contribution in [2.24, 2.45) is 0 Å². The van der Waals surface area contributed by atoms with Gasteiger partial charge in [-0.05, 0) is 36.4 Å². The molecule has 0 atom stereocenters. The van der Waals surface area contributed by atoms with Crippen molar-refractivity contribution in [3.05, 3.63) is 59.4 Å². The summed E-state index contributed by atoms with van der Waals surface area (Å²) in [6.07, 6.45) is 41.9. The fourth-order valence-corrected chi connectivity index (χ4v) is 7.90. The van der Waals surface area contributed by atoms with Crippen LogP contribution >= 0.6 is 0 Å². The van der Waals surface area contributed by atoms with Gasteiger partial charge in [0.25, 0.3) is 0 Å². The largest absolute Gasteiger partial charge is 0.493 e. The van der Waals surface area contributed by atoms with Crippen LogP contribution in [0.15, 0.2) is 42.7 Å². The van der Waals surface area contributed by atoms with Crippen molar-refractivity contribution in [3.8, 4) is 5.75 Å². The number of benzene rings is 1. The van der Waals surface area contributed by atoms with Crippen LogP contribution in [-0.4, -0.2) is 18.1 Å². The summed E-state index contributed by atoms with van der Waals surface area (Å²) in [7, 11) is 0. The van der Waals surface area contributed by atoms with Crippen LogP contribution in [-0.2, 0) is 25.0 Å². The molecular formula is C50H89N2O+. The van der Waals surface area contributed by atoms with Gasteiger partial charge in [-0.3, -0.25) is 4.90 Å². The van der Waals surface area contributed by atoms with E-state index in [9.17, 15) is 0 Å². The highest BCUT2D eigenvalue weighted by Crippen LogP contribution is 2.35. The van der Waals surface area contributed by atoms with Gasteiger partial charge in [0.05, 0.1) is 6.61 Å². The first-order valence-electron chi connectivity index (χ1n) is 23.3. The van der Waals surface area contributed by atoms with E-state index >= 15 is 0 Å². The predicted octanol–water partition coefficient (Wildman–Crippen LogP) is 15.2. The zero-order valence-corrected chi connectivity index (χ0v) is 36.5. The average molecular weight is 734 g/mol. The lowest BCUT2D eigenvalue weighted by molar-refractivity contribution is -0.697. The Morgan fingerprint density at radius 3 is 1.51 bits per heavy atom. The Bertz CT molecular complexity index is 1120. The second-order valence-electron chi connectivity index (χ2n) is 17.5. The highest BCUT2D eigenvalue weighted by molar-refractivity contribution is 5.45. The molecule has 0 saturated carbocycles. The molecule has 1 heterocycles. The number of rotatable bonds is 35. The summed E-state index contributed by atoms with van der Waals surface area (Å²) in [5.74, 6) is 1.16. The number of nitrogens with zero attached hydrogens (tertiary/aromatic N) is 2. The second-order valence-corrected chi connectivity index (χ2v) is 17.5. The number of aryl methyl sites for hydroxylation is 1. The van der Waals surface area contributed by atoms with Crippen LogP contribution in [0.3, 0.4) is 0 Å². The van der Waals surface area contributed by atoms with Crippen LogP contribution in [0.25, 0.3) is 0 Å². The maximum atomic E-state index is 6.78. The van der Waals surface area contributed by atoms with E-state index in [4.69, 9.17) is 4.74 Å². The lowest BCUT2D eigenvalue weighted by Gasteiger charge is -2.28. The molecule has 3 heteroatoms. The molecule has 53 heavy (non-hydrogen) atoms. The molecule has 304 valence electrons. The van der Waals surface area contributed by atoms with E-state index in [1.807, 2.05) is 0 Å². The highest BCUT2D eigenvalue weighted by atomic mass is 16.5. The number of aromatic nitrogens is 1. The molecule has 0 aliphatic heterocycles. The topological polar surface area (TPSA) is 16.4 Å². The van der Waals surface area contributed by atoms with Crippen LogP contribution in [0, 0.1) is 0 Å². The Balaban J connectivity index is 1.90. The molecule has 0 bridgehead atoms. The van der Waals surface area contributed by atoms with Gasteiger partial charge in [-0.1, -0.05) is 214 Å². The smallest absolute Gasteiger partial charge is 0.173 e. The van der Waals surface area contributed by atoms with Gasteiger partial charge in [0.15, 0.2) is 12.4 Å².